The van der Waals surface area contributed by atoms with E-state index in [1.807, 2.05) is 30.3 Å². The van der Waals surface area contributed by atoms with Crippen molar-refractivity contribution in [1.82, 2.24) is 10.0 Å². The van der Waals surface area contributed by atoms with Gasteiger partial charge >= 0.3 is 0 Å². The van der Waals surface area contributed by atoms with Gasteiger partial charge in [-0.2, -0.15) is 0 Å². The molecule has 1 aliphatic heterocycles. The van der Waals surface area contributed by atoms with Crippen LogP contribution in [0.2, 0.25) is 0 Å². The van der Waals surface area contributed by atoms with Gasteiger partial charge in [0.05, 0.1) is 13.7 Å². The summed E-state index contributed by atoms with van der Waals surface area (Å²) in [6, 6.07) is 9.60. The van der Waals surface area contributed by atoms with Gasteiger partial charge in [-0.15, -0.1) is 0 Å². The van der Waals surface area contributed by atoms with Crippen molar-refractivity contribution < 1.29 is 9.63 Å². The van der Waals surface area contributed by atoms with Gasteiger partial charge in [-0.3, -0.25) is 14.6 Å². The van der Waals surface area contributed by atoms with E-state index in [4.69, 9.17) is 4.84 Å². The molecule has 0 fully saturated rings. The van der Waals surface area contributed by atoms with Gasteiger partial charge in [0, 0.05) is 23.5 Å². The highest BCUT2D eigenvalue weighted by molar-refractivity contribution is 5.99. The number of hydrogen-bond donors (Lipinski definition) is 0. The highest BCUT2D eigenvalue weighted by atomic mass is 16.7. The molecule has 2 aromatic rings. The van der Waals surface area contributed by atoms with Crippen molar-refractivity contribution >= 4 is 5.91 Å². The van der Waals surface area contributed by atoms with E-state index >= 15 is 0 Å². The third kappa shape index (κ3) is 1.58. The number of nitrogens with zero attached hydrogens (tertiary/aromatic N) is 2. The first-order chi connectivity index (χ1) is 8.81. The van der Waals surface area contributed by atoms with E-state index in [0.29, 0.717) is 12.1 Å². The molecule has 18 heavy (non-hydrogen) atoms. The van der Waals surface area contributed by atoms with Crippen LogP contribution in [0.3, 0.4) is 0 Å². The summed E-state index contributed by atoms with van der Waals surface area (Å²) in [6.45, 7) is 0.482. The smallest absolute Gasteiger partial charge is 0.274 e. The number of pyridine rings is 1. The Bertz CT molecular complexity index is 596. The minimum absolute atomic E-state index is 0.0850. The molecule has 1 aromatic carbocycles. The molecule has 4 heteroatoms. The maximum absolute atomic E-state index is 12.0. The highest BCUT2D eigenvalue weighted by Gasteiger charge is 2.29. The fourth-order valence-electron chi connectivity index (χ4n) is 2.25. The van der Waals surface area contributed by atoms with Crippen LogP contribution in [-0.4, -0.2) is 23.1 Å². The summed E-state index contributed by atoms with van der Waals surface area (Å²) in [5.41, 5.74) is 3.75. The van der Waals surface area contributed by atoms with Gasteiger partial charge in [0.1, 0.15) is 0 Å². The summed E-state index contributed by atoms with van der Waals surface area (Å²) in [5, 5.41) is 1.37. The Morgan fingerprint density at radius 3 is 2.78 bits per heavy atom. The predicted octanol–water partition coefficient (Wildman–Crippen LogP) is 2.27. The predicted molar refractivity (Wildman–Crippen MR) is 66.6 cm³/mol. The quantitative estimate of drug-likeness (QED) is 0.808. The molecule has 3 rings (SSSR count). The Labute approximate surface area is 105 Å². The lowest BCUT2D eigenvalue weighted by molar-refractivity contribution is -0.0956. The number of benzene rings is 1. The Morgan fingerprint density at radius 1 is 1.22 bits per heavy atom. The molecule has 0 spiro atoms. The van der Waals surface area contributed by atoms with E-state index in [2.05, 4.69) is 4.98 Å². The third-order valence-corrected chi connectivity index (χ3v) is 3.13. The van der Waals surface area contributed by atoms with Gasteiger partial charge in [0.2, 0.25) is 0 Å². The van der Waals surface area contributed by atoms with Crippen LogP contribution in [0.1, 0.15) is 15.9 Å². The summed E-state index contributed by atoms with van der Waals surface area (Å²) in [6.07, 6.45) is 3.54. The van der Waals surface area contributed by atoms with Gasteiger partial charge in [-0.1, -0.05) is 18.2 Å². The van der Waals surface area contributed by atoms with Crippen molar-refractivity contribution in [3.8, 4) is 11.1 Å². The molecule has 1 amide bonds. The number of carbonyl (C=O) groups is 1. The molecule has 90 valence electrons. The lowest BCUT2D eigenvalue weighted by Gasteiger charge is -2.11. The van der Waals surface area contributed by atoms with E-state index in [0.717, 1.165) is 16.7 Å². The van der Waals surface area contributed by atoms with Crippen LogP contribution >= 0.6 is 0 Å². The summed E-state index contributed by atoms with van der Waals surface area (Å²) in [5.74, 6) is -0.0850. The zero-order valence-corrected chi connectivity index (χ0v) is 9.96. The molecule has 0 radical (unpaired) electrons. The van der Waals surface area contributed by atoms with Crippen LogP contribution in [0.25, 0.3) is 11.1 Å². The van der Waals surface area contributed by atoms with Crippen LogP contribution in [0.5, 0.6) is 0 Å². The molecule has 0 bridgehead atoms. The molecule has 1 aliphatic rings. The molecule has 0 unspecified atom stereocenters. The second kappa shape index (κ2) is 4.23. The van der Waals surface area contributed by atoms with Crippen LogP contribution in [-0.2, 0) is 11.4 Å². The first kappa shape index (κ1) is 10.9. The second-order valence-electron chi connectivity index (χ2n) is 4.10. The molecule has 0 saturated carbocycles. The normalized spacial score (nSPS) is 13.8. The Balaban J connectivity index is 2.14. The lowest BCUT2D eigenvalue weighted by atomic mass is 9.98. The number of hydrogen-bond acceptors (Lipinski definition) is 3. The third-order valence-electron chi connectivity index (χ3n) is 3.13. The molecule has 4 nitrogen and oxygen atoms in total. The summed E-state index contributed by atoms with van der Waals surface area (Å²) in [7, 11) is 1.51. The number of hydroxylamine groups is 2. The fourth-order valence-corrected chi connectivity index (χ4v) is 2.25. The van der Waals surface area contributed by atoms with E-state index < -0.39 is 0 Å². The maximum atomic E-state index is 12.0. The summed E-state index contributed by atoms with van der Waals surface area (Å²) < 4.78 is 0. The van der Waals surface area contributed by atoms with Gasteiger partial charge < -0.3 is 0 Å². The van der Waals surface area contributed by atoms with E-state index in [1.54, 1.807) is 12.4 Å². The molecule has 0 atom stereocenters. The van der Waals surface area contributed by atoms with Gasteiger partial charge in [0.15, 0.2) is 0 Å². The number of rotatable bonds is 2. The average Bonchev–Trinajstić information content (AvgIpc) is 2.77. The SMILES string of the molecule is CON1Cc2c(cccc2-c2cccnc2)C1=O. The second-order valence-corrected chi connectivity index (χ2v) is 4.10. The molecule has 2 heterocycles. The van der Waals surface area contributed by atoms with Crippen molar-refractivity contribution in [2.45, 2.75) is 6.54 Å². The monoisotopic (exact) mass is 240 g/mol. The summed E-state index contributed by atoms with van der Waals surface area (Å²) in [4.78, 5) is 21.2. The molecule has 0 aliphatic carbocycles. The van der Waals surface area contributed by atoms with Gasteiger partial charge in [-0.25, -0.2) is 5.06 Å². The standard InChI is InChI=1S/C14H12N2O2/c1-18-16-9-13-11(10-4-3-7-15-8-10)5-2-6-12(13)14(16)17/h2-8H,9H2,1H3. The van der Waals surface area contributed by atoms with Crippen molar-refractivity contribution in [3.05, 3.63) is 53.9 Å². The average molecular weight is 240 g/mol. The van der Waals surface area contributed by atoms with Crippen LogP contribution in [0.15, 0.2) is 42.7 Å². The van der Waals surface area contributed by atoms with Crippen molar-refractivity contribution in [2.75, 3.05) is 7.11 Å². The van der Waals surface area contributed by atoms with Gasteiger partial charge in [0.25, 0.3) is 5.91 Å². The first-order valence-corrected chi connectivity index (χ1v) is 5.69. The molecule has 0 N–H and O–H groups in total. The maximum Gasteiger partial charge on any atom is 0.278 e. The van der Waals surface area contributed by atoms with Crippen molar-refractivity contribution in [1.29, 1.82) is 0 Å². The Hall–Kier alpha value is -2.20. The zero-order valence-electron chi connectivity index (χ0n) is 9.96. The van der Waals surface area contributed by atoms with E-state index in [9.17, 15) is 4.79 Å². The molecular formula is C14H12N2O2. The number of fused-ring (bicyclic) bond motifs is 1. The Kier molecular flexibility index (Phi) is 2.57. The van der Waals surface area contributed by atoms with Crippen molar-refractivity contribution in [3.63, 3.8) is 0 Å². The van der Waals surface area contributed by atoms with Crippen molar-refractivity contribution in [2.24, 2.45) is 0 Å². The lowest BCUT2D eigenvalue weighted by Crippen LogP contribution is -2.21. The molecule has 1 aromatic heterocycles. The van der Waals surface area contributed by atoms with E-state index in [-0.39, 0.29) is 5.91 Å². The summed E-state index contributed by atoms with van der Waals surface area (Å²) >= 11 is 0. The number of aromatic nitrogens is 1. The Morgan fingerprint density at radius 2 is 2.06 bits per heavy atom. The van der Waals surface area contributed by atoms with Crippen LogP contribution in [0, 0.1) is 0 Å². The zero-order chi connectivity index (χ0) is 12.5. The van der Waals surface area contributed by atoms with Crippen LogP contribution < -0.4 is 0 Å². The van der Waals surface area contributed by atoms with Crippen LogP contribution in [0.4, 0.5) is 0 Å². The largest absolute Gasteiger partial charge is 0.278 e. The molecular weight excluding hydrogens is 228 g/mol. The minimum Gasteiger partial charge on any atom is -0.274 e. The van der Waals surface area contributed by atoms with E-state index in [1.165, 1.54) is 12.2 Å². The minimum atomic E-state index is -0.0850. The molecule has 0 saturated heterocycles. The first-order valence-electron chi connectivity index (χ1n) is 5.69. The number of amides is 1. The fraction of sp³-hybridized carbons (Fsp3) is 0.143. The van der Waals surface area contributed by atoms with Gasteiger partial charge in [-0.05, 0) is 23.3 Å². The topological polar surface area (TPSA) is 42.4 Å². The number of carbonyl (C=O) groups excluding carboxylic acids is 1. The highest BCUT2D eigenvalue weighted by Crippen LogP contribution is 2.32.